The number of hydrogen-bond donors (Lipinski definition) is 0. The molecule has 0 spiro atoms. The van der Waals surface area contributed by atoms with Gasteiger partial charge in [-0.2, -0.15) is 0 Å². The Hall–Kier alpha value is -2.54. The molecule has 1 fully saturated rings. The van der Waals surface area contributed by atoms with Gasteiger partial charge in [-0.3, -0.25) is 19.9 Å². The van der Waals surface area contributed by atoms with E-state index in [9.17, 15) is 4.79 Å². The van der Waals surface area contributed by atoms with Crippen LogP contribution in [0.25, 0.3) is 11.3 Å². The summed E-state index contributed by atoms with van der Waals surface area (Å²) in [4.78, 5) is 29.4. The Labute approximate surface area is 166 Å². The third-order valence-corrected chi connectivity index (χ3v) is 4.83. The van der Waals surface area contributed by atoms with Crippen molar-refractivity contribution in [1.82, 2.24) is 24.8 Å². The quantitative estimate of drug-likeness (QED) is 0.806. The highest BCUT2D eigenvalue weighted by molar-refractivity contribution is 5.68. The van der Waals surface area contributed by atoms with Crippen LogP contribution in [0.2, 0.25) is 0 Å². The first-order valence-electron chi connectivity index (χ1n) is 9.71. The topological polar surface area (TPSA) is 71.5 Å². The van der Waals surface area contributed by atoms with Gasteiger partial charge in [-0.25, -0.2) is 4.79 Å². The van der Waals surface area contributed by atoms with Gasteiger partial charge in [-0.15, -0.1) is 0 Å². The molecule has 1 saturated heterocycles. The van der Waals surface area contributed by atoms with Crippen LogP contribution >= 0.6 is 0 Å². The molecule has 1 aliphatic rings. The molecule has 3 heterocycles. The van der Waals surface area contributed by atoms with Crippen molar-refractivity contribution < 1.29 is 9.53 Å². The van der Waals surface area contributed by atoms with E-state index in [0.717, 1.165) is 49.4 Å². The zero-order chi connectivity index (χ0) is 20.1. The standard InChI is InChI=1S/C21H29N5O2/c1-21(2,3)28-20(27)26-11-7-18(8-12-26)25(4)15-17-13-24-19(14-23-17)16-5-9-22-10-6-16/h5-6,9-10,13-14,18H,7-8,11-12,15H2,1-4H3. The molecule has 3 rings (SSSR count). The maximum Gasteiger partial charge on any atom is 0.410 e. The minimum Gasteiger partial charge on any atom is -0.444 e. The molecule has 0 saturated carbocycles. The average Bonchev–Trinajstić information content (AvgIpc) is 2.68. The summed E-state index contributed by atoms with van der Waals surface area (Å²) >= 11 is 0. The van der Waals surface area contributed by atoms with E-state index in [0.29, 0.717) is 6.04 Å². The highest BCUT2D eigenvalue weighted by Gasteiger charge is 2.28. The van der Waals surface area contributed by atoms with Crippen molar-refractivity contribution >= 4 is 6.09 Å². The highest BCUT2D eigenvalue weighted by atomic mass is 16.6. The third kappa shape index (κ3) is 5.48. The first-order chi connectivity index (χ1) is 13.3. The van der Waals surface area contributed by atoms with Gasteiger partial charge in [0.25, 0.3) is 0 Å². The number of hydrogen-bond acceptors (Lipinski definition) is 6. The lowest BCUT2D eigenvalue weighted by atomic mass is 10.0. The second-order valence-corrected chi connectivity index (χ2v) is 8.24. The first kappa shape index (κ1) is 20.2. The van der Waals surface area contributed by atoms with Crippen LogP contribution in [0, 0.1) is 0 Å². The molecular weight excluding hydrogens is 354 g/mol. The van der Waals surface area contributed by atoms with Crippen LogP contribution in [0.5, 0.6) is 0 Å². The lowest BCUT2D eigenvalue weighted by Crippen LogP contribution is -2.46. The zero-order valence-electron chi connectivity index (χ0n) is 17.1. The largest absolute Gasteiger partial charge is 0.444 e. The molecule has 2 aromatic rings. The summed E-state index contributed by atoms with van der Waals surface area (Å²) in [5.74, 6) is 0. The second-order valence-electron chi connectivity index (χ2n) is 8.24. The lowest BCUT2D eigenvalue weighted by molar-refractivity contribution is 0.0152. The van der Waals surface area contributed by atoms with Crippen LogP contribution in [0.3, 0.4) is 0 Å². The number of carbonyl (C=O) groups excluding carboxylic acids is 1. The van der Waals surface area contributed by atoms with Crippen LogP contribution in [-0.2, 0) is 11.3 Å². The fourth-order valence-corrected chi connectivity index (χ4v) is 3.31. The van der Waals surface area contributed by atoms with E-state index in [1.807, 2.05) is 45.3 Å². The molecule has 0 unspecified atom stereocenters. The van der Waals surface area contributed by atoms with E-state index in [1.54, 1.807) is 17.3 Å². The Kier molecular flexibility index (Phi) is 6.24. The summed E-state index contributed by atoms with van der Waals surface area (Å²) < 4.78 is 5.47. The minimum absolute atomic E-state index is 0.217. The van der Waals surface area contributed by atoms with Crippen LogP contribution in [-0.4, -0.2) is 62.6 Å². The van der Waals surface area contributed by atoms with Crippen molar-refractivity contribution in [3.8, 4) is 11.3 Å². The number of rotatable bonds is 4. The van der Waals surface area contributed by atoms with Gasteiger partial charge in [0.2, 0.25) is 0 Å². The molecule has 0 N–H and O–H groups in total. The Morgan fingerprint density at radius 1 is 1.18 bits per heavy atom. The normalized spacial score (nSPS) is 15.7. The van der Waals surface area contributed by atoms with E-state index in [2.05, 4.69) is 26.9 Å². The average molecular weight is 383 g/mol. The molecule has 0 radical (unpaired) electrons. The second kappa shape index (κ2) is 8.65. The van der Waals surface area contributed by atoms with Gasteiger partial charge in [0.05, 0.1) is 23.8 Å². The maximum atomic E-state index is 12.2. The van der Waals surface area contributed by atoms with Crippen molar-refractivity contribution in [3.63, 3.8) is 0 Å². The zero-order valence-corrected chi connectivity index (χ0v) is 17.1. The molecule has 0 atom stereocenters. The number of ether oxygens (including phenoxy) is 1. The number of nitrogens with zero attached hydrogens (tertiary/aromatic N) is 5. The van der Waals surface area contributed by atoms with E-state index < -0.39 is 5.60 Å². The molecule has 28 heavy (non-hydrogen) atoms. The predicted molar refractivity (Wildman–Crippen MR) is 108 cm³/mol. The summed E-state index contributed by atoms with van der Waals surface area (Å²) in [5.41, 5.74) is 2.34. The molecule has 2 aromatic heterocycles. The van der Waals surface area contributed by atoms with Crippen LogP contribution < -0.4 is 0 Å². The Morgan fingerprint density at radius 2 is 1.86 bits per heavy atom. The molecule has 150 valence electrons. The summed E-state index contributed by atoms with van der Waals surface area (Å²) in [6.07, 6.45) is 8.79. The van der Waals surface area contributed by atoms with Crippen LogP contribution in [0.1, 0.15) is 39.3 Å². The van der Waals surface area contributed by atoms with Crippen molar-refractivity contribution in [3.05, 3.63) is 42.6 Å². The highest BCUT2D eigenvalue weighted by Crippen LogP contribution is 2.20. The lowest BCUT2D eigenvalue weighted by Gasteiger charge is -2.37. The molecule has 7 heteroatoms. The molecular formula is C21H29N5O2. The van der Waals surface area contributed by atoms with Crippen molar-refractivity contribution in [1.29, 1.82) is 0 Å². The third-order valence-electron chi connectivity index (χ3n) is 4.83. The van der Waals surface area contributed by atoms with Crippen LogP contribution in [0.4, 0.5) is 4.79 Å². The first-order valence-corrected chi connectivity index (χ1v) is 9.71. The van der Waals surface area contributed by atoms with Crippen molar-refractivity contribution in [2.24, 2.45) is 0 Å². The molecule has 0 aliphatic carbocycles. The van der Waals surface area contributed by atoms with Gasteiger partial charge in [-0.1, -0.05) is 0 Å². The number of aromatic nitrogens is 3. The van der Waals surface area contributed by atoms with Gasteiger partial charge in [0, 0.05) is 43.6 Å². The molecule has 1 aliphatic heterocycles. The Morgan fingerprint density at radius 3 is 2.43 bits per heavy atom. The Balaban J connectivity index is 1.50. The summed E-state index contributed by atoms with van der Waals surface area (Å²) in [5, 5.41) is 0. The SMILES string of the molecule is CN(Cc1cnc(-c2ccncc2)cn1)C1CCN(C(=O)OC(C)(C)C)CC1. The summed E-state index contributed by atoms with van der Waals surface area (Å²) in [6.45, 7) is 7.86. The maximum absolute atomic E-state index is 12.2. The van der Waals surface area contributed by atoms with Gasteiger partial charge >= 0.3 is 6.09 Å². The number of carbonyl (C=O) groups is 1. The molecule has 0 bridgehead atoms. The fraction of sp³-hybridized carbons (Fsp3) is 0.524. The number of likely N-dealkylation sites (tertiary alicyclic amines) is 1. The summed E-state index contributed by atoms with van der Waals surface area (Å²) in [7, 11) is 2.10. The fourth-order valence-electron chi connectivity index (χ4n) is 3.31. The van der Waals surface area contributed by atoms with Gasteiger partial charge < -0.3 is 9.64 Å². The number of pyridine rings is 1. The van der Waals surface area contributed by atoms with E-state index in [-0.39, 0.29) is 6.09 Å². The number of piperidine rings is 1. The Bertz CT molecular complexity index is 766. The van der Waals surface area contributed by atoms with Crippen molar-refractivity contribution in [2.75, 3.05) is 20.1 Å². The van der Waals surface area contributed by atoms with Crippen LogP contribution in [0.15, 0.2) is 36.9 Å². The van der Waals surface area contributed by atoms with E-state index in [4.69, 9.17) is 4.74 Å². The smallest absolute Gasteiger partial charge is 0.410 e. The molecule has 7 nitrogen and oxygen atoms in total. The van der Waals surface area contributed by atoms with Gasteiger partial charge in [0.15, 0.2) is 0 Å². The summed E-state index contributed by atoms with van der Waals surface area (Å²) in [6, 6.07) is 4.27. The van der Waals surface area contributed by atoms with Gasteiger partial charge in [-0.05, 0) is 52.8 Å². The minimum atomic E-state index is -0.453. The number of amides is 1. The monoisotopic (exact) mass is 383 g/mol. The van der Waals surface area contributed by atoms with Gasteiger partial charge in [0.1, 0.15) is 5.60 Å². The van der Waals surface area contributed by atoms with E-state index >= 15 is 0 Å². The predicted octanol–water partition coefficient (Wildman–Crippen LogP) is 3.37. The molecule has 0 aromatic carbocycles. The van der Waals surface area contributed by atoms with E-state index in [1.165, 1.54) is 0 Å². The van der Waals surface area contributed by atoms with Crippen molar-refractivity contribution in [2.45, 2.75) is 51.8 Å². The molecule has 1 amide bonds.